The molecule has 2 rings (SSSR count). The molecule has 0 saturated heterocycles. The Balaban J connectivity index is 2.00. The van der Waals surface area contributed by atoms with Gasteiger partial charge in [-0.05, 0) is 31.2 Å². The molecule has 108 valence electrons. The van der Waals surface area contributed by atoms with Crippen molar-refractivity contribution in [1.29, 1.82) is 0 Å². The van der Waals surface area contributed by atoms with Crippen LogP contribution in [0.5, 0.6) is 0 Å². The Morgan fingerprint density at radius 3 is 2.55 bits per heavy atom. The van der Waals surface area contributed by atoms with Gasteiger partial charge >= 0.3 is 6.18 Å². The maximum atomic E-state index is 12.3. The minimum absolute atomic E-state index is 0.623. The largest absolute Gasteiger partial charge is 0.398 e. The Kier molecular flexibility index (Phi) is 4.99. The van der Waals surface area contributed by atoms with Crippen molar-refractivity contribution in [3.05, 3.63) is 46.2 Å². The third-order valence-corrected chi connectivity index (χ3v) is 4.67. The van der Waals surface area contributed by atoms with Gasteiger partial charge in [-0.2, -0.15) is 13.2 Å². The predicted molar refractivity (Wildman–Crippen MR) is 79.6 cm³/mol. The minimum atomic E-state index is -4.15. The molecule has 0 fully saturated rings. The SMILES string of the molecule is Cc1ccc(CNc2ccccc2SCC(F)(F)F)s1. The van der Waals surface area contributed by atoms with Crippen LogP contribution in [0, 0.1) is 6.92 Å². The second-order valence-electron chi connectivity index (χ2n) is 4.27. The molecule has 0 aliphatic heterocycles. The number of nitrogens with one attached hydrogen (secondary N) is 1. The normalized spacial score (nSPS) is 11.6. The van der Waals surface area contributed by atoms with E-state index in [1.807, 2.05) is 25.1 Å². The molecule has 0 amide bonds. The highest BCUT2D eigenvalue weighted by Crippen LogP contribution is 2.32. The van der Waals surface area contributed by atoms with Crippen LogP contribution in [0.3, 0.4) is 0 Å². The molecule has 1 heterocycles. The van der Waals surface area contributed by atoms with Crippen molar-refractivity contribution in [1.82, 2.24) is 0 Å². The molecule has 1 nitrogen and oxygen atoms in total. The summed E-state index contributed by atoms with van der Waals surface area (Å²) in [5.74, 6) is -0.871. The fourth-order valence-corrected chi connectivity index (χ4v) is 3.28. The molecule has 1 N–H and O–H groups in total. The molecule has 6 heteroatoms. The average molecular weight is 317 g/mol. The lowest BCUT2D eigenvalue weighted by molar-refractivity contribution is -0.105. The molecule has 2 aromatic rings. The third-order valence-electron chi connectivity index (χ3n) is 2.53. The molecule has 0 atom stereocenters. The summed E-state index contributed by atoms with van der Waals surface area (Å²) in [6.45, 7) is 2.66. The molecule has 0 bridgehead atoms. The number of rotatable bonds is 5. The Labute approximate surface area is 124 Å². The summed E-state index contributed by atoms with van der Waals surface area (Å²) >= 11 is 2.49. The Morgan fingerprint density at radius 2 is 1.90 bits per heavy atom. The van der Waals surface area contributed by atoms with E-state index in [1.54, 1.807) is 29.5 Å². The molecule has 0 radical (unpaired) electrons. The zero-order valence-electron chi connectivity index (χ0n) is 10.8. The molecule has 0 spiro atoms. The van der Waals surface area contributed by atoms with Crippen LogP contribution in [0.2, 0.25) is 0 Å². The average Bonchev–Trinajstić information content (AvgIpc) is 2.80. The fraction of sp³-hybridized carbons (Fsp3) is 0.286. The van der Waals surface area contributed by atoms with Gasteiger partial charge in [-0.15, -0.1) is 23.1 Å². The molecular weight excluding hydrogens is 303 g/mol. The van der Waals surface area contributed by atoms with Crippen molar-refractivity contribution in [3.8, 4) is 0 Å². The Morgan fingerprint density at radius 1 is 1.15 bits per heavy atom. The second-order valence-corrected chi connectivity index (χ2v) is 6.66. The lowest BCUT2D eigenvalue weighted by Gasteiger charge is -2.12. The predicted octanol–water partition coefficient (Wildman–Crippen LogP) is 5.32. The first-order chi connectivity index (χ1) is 9.44. The van der Waals surface area contributed by atoms with Crippen LogP contribution >= 0.6 is 23.1 Å². The highest BCUT2D eigenvalue weighted by atomic mass is 32.2. The summed E-state index contributed by atoms with van der Waals surface area (Å²) in [7, 11) is 0. The lowest BCUT2D eigenvalue weighted by Crippen LogP contribution is -2.10. The maximum Gasteiger partial charge on any atom is 0.398 e. The second kappa shape index (κ2) is 6.54. The van der Waals surface area contributed by atoms with Crippen molar-refractivity contribution in [3.63, 3.8) is 0 Å². The van der Waals surface area contributed by atoms with E-state index in [-0.39, 0.29) is 0 Å². The molecule has 0 aliphatic carbocycles. The van der Waals surface area contributed by atoms with Crippen LogP contribution in [0.1, 0.15) is 9.75 Å². The molecule has 1 aromatic heterocycles. The fourth-order valence-electron chi connectivity index (χ4n) is 1.66. The number of thiophene rings is 1. The minimum Gasteiger partial charge on any atom is -0.379 e. The highest BCUT2D eigenvalue weighted by Gasteiger charge is 2.27. The summed E-state index contributed by atoms with van der Waals surface area (Å²) in [6, 6.07) is 11.1. The number of hydrogen-bond acceptors (Lipinski definition) is 3. The molecule has 0 unspecified atom stereocenters. The van der Waals surface area contributed by atoms with Gasteiger partial charge in [0.05, 0.1) is 5.75 Å². The van der Waals surface area contributed by atoms with E-state index < -0.39 is 11.9 Å². The van der Waals surface area contributed by atoms with Crippen LogP contribution in [-0.2, 0) is 6.54 Å². The van der Waals surface area contributed by atoms with E-state index in [0.717, 1.165) is 22.3 Å². The van der Waals surface area contributed by atoms with Crippen molar-refractivity contribution < 1.29 is 13.2 Å². The number of benzene rings is 1. The van der Waals surface area contributed by atoms with E-state index in [2.05, 4.69) is 5.32 Å². The van der Waals surface area contributed by atoms with E-state index in [0.29, 0.717) is 11.4 Å². The Hall–Kier alpha value is -1.14. The number of hydrogen-bond donors (Lipinski definition) is 1. The van der Waals surface area contributed by atoms with Gasteiger partial charge in [0.1, 0.15) is 0 Å². The van der Waals surface area contributed by atoms with Gasteiger partial charge in [-0.3, -0.25) is 0 Å². The Bertz CT molecular complexity index is 564. The van der Waals surface area contributed by atoms with Gasteiger partial charge in [0.25, 0.3) is 0 Å². The van der Waals surface area contributed by atoms with E-state index >= 15 is 0 Å². The number of para-hydroxylation sites is 1. The number of halogens is 3. The van der Waals surface area contributed by atoms with Crippen LogP contribution in [-0.4, -0.2) is 11.9 Å². The molecular formula is C14H14F3NS2. The van der Waals surface area contributed by atoms with Crippen LogP contribution in [0.25, 0.3) is 0 Å². The van der Waals surface area contributed by atoms with Crippen LogP contribution < -0.4 is 5.32 Å². The summed E-state index contributed by atoms with van der Waals surface area (Å²) in [5.41, 5.74) is 0.743. The van der Waals surface area contributed by atoms with E-state index in [1.165, 1.54) is 4.88 Å². The quantitative estimate of drug-likeness (QED) is 0.749. The van der Waals surface area contributed by atoms with Crippen molar-refractivity contribution in [2.75, 3.05) is 11.1 Å². The first kappa shape index (κ1) is 15.3. The smallest absolute Gasteiger partial charge is 0.379 e. The van der Waals surface area contributed by atoms with Gasteiger partial charge in [-0.1, -0.05) is 12.1 Å². The number of alkyl halides is 3. The van der Waals surface area contributed by atoms with E-state index in [9.17, 15) is 13.2 Å². The molecule has 0 aliphatic rings. The number of anilines is 1. The van der Waals surface area contributed by atoms with Gasteiger partial charge < -0.3 is 5.32 Å². The molecule has 0 saturated carbocycles. The molecule has 1 aromatic carbocycles. The first-order valence-electron chi connectivity index (χ1n) is 6.02. The summed E-state index contributed by atoms with van der Waals surface area (Å²) in [6.07, 6.45) is -4.15. The first-order valence-corrected chi connectivity index (χ1v) is 7.82. The highest BCUT2D eigenvalue weighted by molar-refractivity contribution is 7.99. The zero-order chi connectivity index (χ0) is 14.6. The van der Waals surface area contributed by atoms with E-state index in [4.69, 9.17) is 0 Å². The van der Waals surface area contributed by atoms with Gasteiger partial charge in [0.2, 0.25) is 0 Å². The van der Waals surface area contributed by atoms with Gasteiger partial charge in [0.15, 0.2) is 0 Å². The van der Waals surface area contributed by atoms with Gasteiger partial charge in [0, 0.05) is 26.9 Å². The van der Waals surface area contributed by atoms with Crippen LogP contribution in [0.4, 0.5) is 18.9 Å². The molecule has 20 heavy (non-hydrogen) atoms. The monoisotopic (exact) mass is 317 g/mol. The topological polar surface area (TPSA) is 12.0 Å². The summed E-state index contributed by atoms with van der Waals surface area (Å²) in [5, 5.41) is 3.20. The number of aryl methyl sites for hydroxylation is 1. The third kappa shape index (κ3) is 4.76. The lowest BCUT2D eigenvalue weighted by atomic mass is 10.3. The van der Waals surface area contributed by atoms with Crippen molar-refractivity contribution in [2.45, 2.75) is 24.5 Å². The maximum absolute atomic E-state index is 12.3. The standard InChI is InChI=1S/C14H14F3NS2/c1-10-6-7-11(20-10)8-18-12-4-2-3-5-13(12)19-9-14(15,16)17/h2-7,18H,8-9H2,1H3. The van der Waals surface area contributed by atoms with Gasteiger partial charge in [-0.25, -0.2) is 0 Å². The summed E-state index contributed by atoms with van der Waals surface area (Å²) in [4.78, 5) is 3.01. The zero-order valence-corrected chi connectivity index (χ0v) is 12.5. The summed E-state index contributed by atoms with van der Waals surface area (Å²) < 4.78 is 36.9. The van der Waals surface area contributed by atoms with Crippen LogP contribution in [0.15, 0.2) is 41.3 Å². The van der Waals surface area contributed by atoms with Crippen molar-refractivity contribution in [2.24, 2.45) is 0 Å². The van der Waals surface area contributed by atoms with Crippen molar-refractivity contribution >= 4 is 28.8 Å². The number of thioether (sulfide) groups is 1.